The zero-order valence-electron chi connectivity index (χ0n) is 8.71. The predicted molar refractivity (Wildman–Crippen MR) is 58.0 cm³/mol. The lowest BCUT2D eigenvalue weighted by Gasteiger charge is -2.03. The first-order valence-corrected chi connectivity index (χ1v) is 4.74. The SMILES string of the molecule is Cc1ccc(Oc2cnc(C#N)cn2)cc1. The average Bonchev–Trinajstić information content (AvgIpc) is 2.33. The van der Waals surface area contributed by atoms with Crippen LogP contribution in [0.25, 0.3) is 0 Å². The number of nitriles is 1. The summed E-state index contributed by atoms with van der Waals surface area (Å²) in [6, 6.07) is 9.51. The quantitative estimate of drug-likeness (QED) is 0.765. The third-order valence-corrected chi connectivity index (χ3v) is 1.99. The maximum absolute atomic E-state index is 8.56. The molecule has 0 aliphatic rings. The second-order valence-electron chi connectivity index (χ2n) is 3.27. The van der Waals surface area contributed by atoms with Gasteiger partial charge in [-0.05, 0) is 19.1 Å². The van der Waals surface area contributed by atoms with Gasteiger partial charge in [-0.15, -0.1) is 0 Å². The molecule has 0 amide bonds. The summed E-state index contributed by atoms with van der Waals surface area (Å²) < 4.78 is 5.45. The summed E-state index contributed by atoms with van der Waals surface area (Å²) in [4.78, 5) is 7.82. The molecule has 16 heavy (non-hydrogen) atoms. The van der Waals surface area contributed by atoms with E-state index in [1.165, 1.54) is 18.0 Å². The number of rotatable bonds is 2. The number of aromatic nitrogens is 2. The van der Waals surface area contributed by atoms with Crippen molar-refractivity contribution in [1.29, 1.82) is 5.26 Å². The Kier molecular flexibility index (Phi) is 2.79. The summed E-state index contributed by atoms with van der Waals surface area (Å²) in [6.07, 6.45) is 2.81. The zero-order valence-corrected chi connectivity index (χ0v) is 8.71. The van der Waals surface area contributed by atoms with E-state index in [-0.39, 0.29) is 5.69 Å². The van der Waals surface area contributed by atoms with Gasteiger partial charge in [-0.25, -0.2) is 9.97 Å². The number of hydrogen-bond donors (Lipinski definition) is 0. The summed E-state index contributed by atoms with van der Waals surface area (Å²) >= 11 is 0. The highest BCUT2D eigenvalue weighted by atomic mass is 16.5. The van der Waals surface area contributed by atoms with Gasteiger partial charge in [0.05, 0.1) is 12.4 Å². The Morgan fingerprint density at radius 3 is 2.44 bits per heavy atom. The fourth-order valence-electron chi connectivity index (χ4n) is 1.15. The van der Waals surface area contributed by atoms with E-state index in [1.807, 2.05) is 37.3 Å². The fraction of sp³-hybridized carbons (Fsp3) is 0.0833. The highest BCUT2D eigenvalue weighted by Crippen LogP contribution is 2.18. The molecular formula is C12H9N3O. The molecule has 78 valence electrons. The monoisotopic (exact) mass is 211 g/mol. The van der Waals surface area contributed by atoms with Crippen molar-refractivity contribution in [3.63, 3.8) is 0 Å². The van der Waals surface area contributed by atoms with Crippen LogP contribution in [0.3, 0.4) is 0 Å². The number of hydrogen-bond acceptors (Lipinski definition) is 4. The normalized spacial score (nSPS) is 9.50. The number of aryl methyl sites for hydroxylation is 1. The third-order valence-electron chi connectivity index (χ3n) is 1.99. The molecule has 1 aromatic carbocycles. The Morgan fingerprint density at radius 2 is 1.88 bits per heavy atom. The van der Waals surface area contributed by atoms with Crippen molar-refractivity contribution >= 4 is 0 Å². The molecule has 0 aliphatic carbocycles. The number of ether oxygens (including phenoxy) is 1. The minimum absolute atomic E-state index is 0.274. The topological polar surface area (TPSA) is 58.8 Å². The van der Waals surface area contributed by atoms with E-state index in [0.29, 0.717) is 11.6 Å². The molecule has 0 atom stereocenters. The lowest BCUT2D eigenvalue weighted by Crippen LogP contribution is -1.90. The van der Waals surface area contributed by atoms with Crippen molar-refractivity contribution in [1.82, 2.24) is 9.97 Å². The minimum atomic E-state index is 0.274. The van der Waals surface area contributed by atoms with Crippen LogP contribution < -0.4 is 4.74 Å². The molecule has 0 bridgehead atoms. The molecule has 2 rings (SSSR count). The molecule has 4 nitrogen and oxygen atoms in total. The molecule has 0 spiro atoms. The van der Waals surface area contributed by atoms with E-state index < -0.39 is 0 Å². The van der Waals surface area contributed by atoms with Crippen molar-refractivity contribution in [3.8, 4) is 17.7 Å². The highest BCUT2D eigenvalue weighted by molar-refractivity contribution is 5.29. The lowest BCUT2D eigenvalue weighted by molar-refractivity contribution is 0.460. The first-order valence-electron chi connectivity index (χ1n) is 4.74. The van der Waals surface area contributed by atoms with Crippen LogP contribution in [0.4, 0.5) is 0 Å². The molecule has 2 aromatic rings. The molecule has 0 unspecified atom stereocenters. The third kappa shape index (κ3) is 2.34. The number of nitrogens with zero attached hydrogens (tertiary/aromatic N) is 3. The Bertz CT molecular complexity index is 511. The van der Waals surface area contributed by atoms with E-state index in [1.54, 1.807) is 0 Å². The fourth-order valence-corrected chi connectivity index (χ4v) is 1.15. The van der Waals surface area contributed by atoms with E-state index in [2.05, 4.69) is 9.97 Å². The predicted octanol–water partition coefficient (Wildman–Crippen LogP) is 2.45. The molecule has 0 saturated heterocycles. The first-order chi connectivity index (χ1) is 7.78. The lowest BCUT2D eigenvalue weighted by atomic mass is 10.2. The van der Waals surface area contributed by atoms with Gasteiger partial charge in [-0.3, -0.25) is 0 Å². The summed E-state index contributed by atoms with van der Waals surface area (Å²) in [7, 11) is 0. The van der Waals surface area contributed by atoms with Crippen LogP contribution in [0, 0.1) is 18.3 Å². The molecule has 0 fully saturated rings. The van der Waals surface area contributed by atoms with Crippen LogP contribution in [0.5, 0.6) is 11.6 Å². The van der Waals surface area contributed by atoms with E-state index >= 15 is 0 Å². The molecule has 0 radical (unpaired) electrons. The van der Waals surface area contributed by atoms with Gasteiger partial charge in [0.25, 0.3) is 0 Å². The summed E-state index contributed by atoms with van der Waals surface area (Å²) in [5.74, 6) is 1.08. The molecule has 1 aromatic heterocycles. The molecular weight excluding hydrogens is 202 g/mol. The molecule has 0 aliphatic heterocycles. The second-order valence-corrected chi connectivity index (χ2v) is 3.27. The first kappa shape index (κ1) is 10.1. The summed E-state index contributed by atoms with van der Waals surface area (Å²) in [5.41, 5.74) is 1.44. The van der Waals surface area contributed by atoms with Crippen molar-refractivity contribution < 1.29 is 4.74 Å². The maximum atomic E-state index is 8.56. The highest BCUT2D eigenvalue weighted by Gasteiger charge is 1.99. The van der Waals surface area contributed by atoms with Crippen LogP contribution in [-0.4, -0.2) is 9.97 Å². The summed E-state index contributed by atoms with van der Waals surface area (Å²) in [5, 5.41) is 8.56. The molecule has 1 heterocycles. The van der Waals surface area contributed by atoms with Crippen LogP contribution >= 0.6 is 0 Å². The largest absolute Gasteiger partial charge is 0.438 e. The molecule has 0 N–H and O–H groups in total. The van der Waals surface area contributed by atoms with Gasteiger partial charge in [0.15, 0.2) is 5.69 Å². The van der Waals surface area contributed by atoms with Crippen LogP contribution in [0.2, 0.25) is 0 Å². The minimum Gasteiger partial charge on any atom is -0.438 e. The van der Waals surface area contributed by atoms with Gasteiger partial charge in [0.2, 0.25) is 5.88 Å². The average molecular weight is 211 g/mol. The van der Waals surface area contributed by atoms with E-state index in [9.17, 15) is 0 Å². The van der Waals surface area contributed by atoms with Gasteiger partial charge in [0, 0.05) is 0 Å². The van der Waals surface area contributed by atoms with Gasteiger partial charge in [0.1, 0.15) is 11.8 Å². The standard InChI is InChI=1S/C12H9N3O/c1-9-2-4-11(5-3-9)16-12-8-14-10(6-13)7-15-12/h2-5,7-8H,1H3. The summed E-state index contributed by atoms with van der Waals surface area (Å²) in [6.45, 7) is 2.01. The van der Waals surface area contributed by atoms with Crippen molar-refractivity contribution in [2.75, 3.05) is 0 Å². The Labute approximate surface area is 93.2 Å². The van der Waals surface area contributed by atoms with Crippen LogP contribution in [0.15, 0.2) is 36.7 Å². The zero-order chi connectivity index (χ0) is 11.4. The van der Waals surface area contributed by atoms with Gasteiger partial charge in [-0.2, -0.15) is 5.26 Å². The Balaban J connectivity index is 2.15. The van der Waals surface area contributed by atoms with Crippen LogP contribution in [0.1, 0.15) is 11.3 Å². The van der Waals surface area contributed by atoms with Crippen LogP contribution in [-0.2, 0) is 0 Å². The van der Waals surface area contributed by atoms with E-state index in [0.717, 1.165) is 0 Å². The Hall–Kier alpha value is -2.41. The number of benzene rings is 1. The van der Waals surface area contributed by atoms with Crippen molar-refractivity contribution in [2.24, 2.45) is 0 Å². The second kappa shape index (κ2) is 4.41. The van der Waals surface area contributed by atoms with Crippen molar-refractivity contribution in [3.05, 3.63) is 47.9 Å². The van der Waals surface area contributed by atoms with Gasteiger partial charge >= 0.3 is 0 Å². The van der Waals surface area contributed by atoms with Gasteiger partial charge in [-0.1, -0.05) is 17.7 Å². The Morgan fingerprint density at radius 1 is 1.12 bits per heavy atom. The smallest absolute Gasteiger partial charge is 0.237 e. The van der Waals surface area contributed by atoms with Gasteiger partial charge < -0.3 is 4.74 Å². The van der Waals surface area contributed by atoms with Crippen molar-refractivity contribution in [2.45, 2.75) is 6.92 Å². The maximum Gasteiger partial charge on any atom is 0.237 e. The molecule has 4 heteroatoms. The van der Waals surface area contributed by atoms with E-state index in [4.69, 9.17) is 10.00 Å². The molecule has 0 saturated carbocycles.